The number of rotatable bonds is 7. The molecule has 5 nitrogen and oxygen atoms in total. The maximum absolute atomic E-state index is 12.5. The summed E-state index contributed by atoms with van der Waals surface area (Å²) in [6.45, 7) is 2.54. The van der Waals surface area contributed by atoms with Crippen LogP contribution in [0.5, 0.6) is 11.5 Å². The van der Waals surface area contributed by atoms with Crippen LogP contribution < -0.4 is 14.8 Å². The first kappa shape index (κ1) is 23.7. The van der Waals surface area contributed by atoms with Gasteiger partial charge in [0, 0.05) is 0 Å². The highest BCUT2D eigenvalue weighted by Gasteiger charge is 2.24. The lowest BCUT2D eigenvalue weighted by atomic mass is 10.1. The third-order valence-electron chi connectivity index (χ3n) is 5.97. The summed E-state index contributed by atoms with van der Waals surface area (Å²) in [5.41, 5.74) is 4.01. The van der Waals surface area contributed by atoms with Crippen molar-refractivity contribution in [3.8, 4) is 11.5 Å². The van der Waals surface area contributed by atoms with Crippen LogP contribution >= 0.6 is 11.8 Å². The molecule has 0 aliphatic carbocycles. The van der Waals surface area contributed by atoms with E-state index in [1.165, 1.54) is 28.1 Å². The summed E-state index contributed by atoms with van der Waals surface area (Å²) in [6.07, 6.45) is 2.81. The molecule has 1 aliphatic heterocycles. The van der Waals surface area contributed by atoms with Crippen LogP contribution in [-0.2, 0) is 17.8 Å². The lowest BCUT2D eigenvalue weighted by Crippen LogP contribution is -2.19. The van der Waals surface area contributed by atoms with Crippen LogP contribution in [0.25, 0.3) is 16.8 Å². The number of methoxy groups -OCH3 is 1. The summed E-state index contributed by atoms with van der Waals surface area (Å²) in [6, 6.07) is 28.1. The van der Waals surface area contributed by atoms with Gasteiger partial charge in [0.05, 0.1) is 17.7 Å². The number of hydrogen-bond donors (Lipinski definition) is 1. The topological polar surface area (TPSA) is 59.9 Å². The van der Waals surface area contributed by atoms with Gasteiger partial charge in [-0.1, -0.05) is 67.6 Å². The molecule has 1 amide bonds. The number of carbonyl (C=O) groups is 1. The molecule has 0 unspecified atom stereocenters. The Morgan fingerprint density at radius 1 is 0.944 bits per heavy atom. The van der Waals surface area contributed by atoms with Gasteiger partial charge in [0.15, 0.2) is 16.7 Å². The van der Waals surface area contributed by atoms with E-state index in [4.69, 9.17) is 9.47 Å². The van der Waals surface area contributed by atoms with Crippen LogP contribution in [0.1, 0.15) is 23.6 Å². The van der Waals surface area contributed by atoms with Gasteiger partial charge in [0.1, 0.15) is 6.61 Å². The van der Waals surface area contributed by atoms with Gasteiger partial charge < -0.3 is 14.8 Å². The maximum Gasteiger partial charge on any atom is 0.264 e. The Hall–Kier alpha value is -4.03. The number of carbonyl (C=O) groups excluding carboxylic acids is 1. The minimum Gasteiger partial charge on any atom is -0.493 e. The molecule has 0 radical (unpaired) electrons. The number of hydrogen-bond acceptors (Lipinski definition) is 5. The van der Waals surface area contributed by atoms with E-state index in [2.05, 4.69) is 41.5 Å². The molecule has 0 atom stereocenters. The van der Waals surface area contributed by atoms with Crippen molar-refractivity contribution in [3.63, 3.8) is 0 Å². The summed E-state index contributed by atoms with van der Waals surface area (Å²) in [5, 5.41) is 5.76. The van der Waals surface area contributed by atoms with E-state index in [1.807, 2.05) is 66.7 Å². The molecule has 5 rings (SSSR count). The number of benzene rings is 4. The van der Waals surface area contributed by atoms with Crippen molar-refractivity contribution < 1.29 is 14.3 Å². The zero-order valence-corrected chi connectivity index (χ0v) is 21.0. The highest BCUT2D eigenvalue weighted by Crippen LogP contribution is 2.33. The number of nitrogens with zero attached hydrogens (tertiary/aromatic N) is 1. The van der Waals surface area contributed by atoms with Crippen LogP contribution in [0.3, 0.4) is 0 Å². The monoisotopic (exact) mass is 494 g/mol. The molecule has 180 valence electrons. The Bertz CT molecular complexity index is 1470. The number of thioether (sulfide) groups is 1. The SMILES string of the molecule is CCc1ccc(N=C2NC(=O)/C(=C/c3ccc(OCc4cccc5ccccc45)c(OC)c3)S2)cc1. The summed E-state index contributed by atoms with van der Waals surface area (Å²) < 4.78 is 11.7. The Labute approximate surface area is 214 Å². The second-order valence-corrected chi connectivity index (χ2v) is 9.37. The highest BCUT2D eigenvalue weighted by molar-refractivity contribution is 8.18. The standard InChI is InChI=1S/C30H26N2O3S/c1-3-20-11-14-24(15-12-20)31-30-32-29(33)28(36-30)18-21-13-16-26(27(17-21)34-2)35-19-23-9-6-8-22-7-4-5-10-25(22)23/h4-18H,3,19H2,1-2H3,(H,31,32,33)/b28-18-. The van der Waals surface area contributed by atoms with E-state index >= 15 is 0 Å². The summed E-state index contributed by atoms with van der Waals surface area (Å²) in [7, 11) is 1.61. The van der Waals surface area contributed by atoms with Crippen molar-refractivity contribution in [1.82, 2.24) is 5.32 Å². The fourth-order valence-corrected chi connectivity index (χ4v) is 4.86. The number of nitrogens with one attached hydrogen (secondary N) is 1. The quantitative estimate of drug-likeness (QED) is 0.285. The predicted octanol–water partition coefficient (Wildman–Crippen LogP) is 6.88. The lowest BCUT2D eigenvalue weighted by Gasteiger charge is -2.13. The Balaban J connectivity index is 1.31. The summed E-state index contributed by atoms with van der Waals surface area (Å²) in [5.74, 6) is 1.09. The molecule has 6 heteroatoms. The second-order valence-electron chi connectivity index (χ2n) is 8.34. The minimum atomic E-state index is -0.167. The van der Waals surface area contributed by atoms with Gasteiger partial charge in [-0.2, -0.15) is 0 Å². The van der Waals surface area contributed by atoms with Gasteiger partial charge in [0.25, 0.3) is 5.91 Å². The summed E-state index contributed by atoms with van der Waals surface area (Å²) in [4.78, 5) is 17.7. The molecule has 0 aromatic heterocycles. The molecule has 0 saturated carbocycles. The number of amides is 1. The van der Waals surface area contributed by atoms with Crippen LogP contribution in [0.15, 0.2) is 94.8 Å². The molecule has 1 heterocycles. The Morgan fingerprint density at radius 3 is 2.56 bits per heavy atom. The second kappa shape index (κ2) is 10.7. The van der Waals surface area contributed by atoms with Crippen LogP contribution in [0.2, 0.25) is 0 Å². The van der Waals surface area contributed by atoms with Crippen molar-refractivity contribution >= 4 is 45.4 Å². The zero-order chi connectivity index (χ0) is 24.9. The number of aryl methyl sites for hydroxylation is 1. The van der Waals surface area contributed by atoms with Crippen molar-refractivity contribution in [2.75, 3.05) is 7.11 Å². The van der Waals surface area contributed by atoms with E-state index < -0.39 is 0 Å². The third kappa shape index (κ3) is 5.29. The summed E-state index contributed by atoms with van der Waals surface area (Å²) >= 11 is 1.32. The number of fused-ring (bicyclic) bond motifs is 1. The molecule has 4 aromatic carbocycles. The maximum atomic E-state index is 12.5. The molecular formula is C30H26N2O3S. The molecule has 1 N–H and O–H groups in total. The molecule has 36 heavy (non-hydrogen) atoms. The molecule has 0 spiro atoms. The first-order valence-electron chi connectivity index (χ1n) is 11.8. The van der Waals surface area contributed by atoms with Crippen molar-refractivity contribution in [2.24, 2.45) is 4.99 Å². The zero-order valence-electron chi connectivity index (χ0n) is 20.2. The van der Waals surface area contributed by atoms with E-state index in [0.29, 0.717) is 28.2 Å². The van der Waals surface area contributed by atoms with Gasteiger partial charge in [-0.3, -0.25) is 4.79 Å². The van der Waals surface area contributed by atoms with Crippen molar-refractivity contribution in [1.29, 1.82) is 0 Å². The smallest absolute Gasteiger partial charge is 0.264 e. The Kier molecular flexibility index (Phi) is 7.05. The van der Waals surface area contributed by atoms with E-state index in [-0.39, 0.29) is 5.91 Å². The van der Waals surface area contributed by atoms with E-state index in [1.54, 1.807) is 7.11 Å². The fourth-order valence-electron chi connectivity index (χ4n) is 4.02. The van der Waals surface area contributed by atoms with Gasteiger partial charge in [0.2, 0.25) is 0 Å². The van der Waals surface area contributed by atoms with Gasteiger partial charge in [-0.15, -0.1) is 0 Å². The third-order valence-corrected chi connectivity index (χ3v) is 6.88. The molecule has 1 fully saturated rings. The fraction of sp³-hybridized carbons (Fsp3) is 0.133. The minimum absolute atomic E-state index is 0.167. The first-order chi connectivity index (χ1) is 17.6. The van der Waals surface area contributed by atoms with E-state index in [9.17, 15) is 4.79 Å². The van der Waals surface area contributed by atoms with Crippen molar-refractivity contribution in [3.05, 3.63) is 107 Å². The largest absolute Gasteiger partial charge is 0.493 e. The van der Waals surface area contributed by atoms with Crippen LogP contribution in [-0.4, -0.2) is 18.2 Å². The first-order valence-corrected chi connectivity index (χ1v) is 12.6. The predicted molar refractivity (Wildman–Crippen MR) is 148 cm³/mol. The normalized spacial score (nSPS) is 15.4. The molecule has 4 aromatic rings. The number of amidine groups is 1. The lowest BCUT2D eigenvalue weighted by molar-refractivity contribution is -0.115. The number of aliphatic imine (C=N–C) groups is 1. The highest BCUT2D eigenvalue weighted by atomic mass is 32.2. The van der Waals surface area contributed by atoms with Gasteiger partial charge >= 0.3 is 0 Å². The molecular weight excluding hydrogens is 468 g/mol. The molecule has 1 aliphatic rings. The van der Waals surface area contributed by atoms with Gasteiger partial charge in [-0.05, 0) is 76.0 Å². The van der Waals surface area contributed by atoms with Crippen LogP contribution in [0.4, 0.5) is 5.69 Å². The Morgan fingerprint density at radius 2 is 1.75 bits per heavy atom. The van der Waals surface area contributed by atoms with E-state index in [0.717, 1.165) is 23.2 Å². The molecule has 0 bridgehead atoms. The van der Waals surface area contributed by atoms with Crippen LogP contribution in [0, 0.1) is 0 Å². The number of ether oxygens (including phenoxy) is 2. The average molecular weight is 495 g/mol. The molecule has 1 saturated heterocycles. The van der Waals surface area contributed by atoms with Gasteiger partial charge in [-0.25, -0.2) is 4.99 Å². The average Bonchev–Trinajstić information content (AvgIpc) is 3.26. The van der Waals surface area contributed by atoms with Crippen molar-refractivity contribution in [2.45, 2.75) is 20.0 Å².